The summed E-state index contributed by atoms with van der Waals surface area (Å²) in [7, 11) is 0. The number of halogens is 1. The maximum absolute atomic E-state index is 15.0. The lowest BCUT2D eigenvalue weighted by molar-refractivity contribution is -0.158. The number of nitrogens with zero attached hydrogens (tertiary/aromatic N) is 3. The van der Waals surface area contributed by atoms with Gasteiger partial charge in [0.25, 0.3) is 5.91 Å². The second-order valence-electron chi connectivity index (χ2n) is 15.8. The first kappa shape index (κ1) is 41.3. The number of fused-ring (bicyclic) bond motifs is 1. The van der Waals surface area contributed by atoms with Crippen LogP contribution in [0.2, 0.25) is 0 Å². The predicted molar refractivity (Wildman–Crippen MR) is 214 cm³/mol. The fourth-order valence-corrected chi connectivity index (χ4v) is 7.36. The van der Waals surface area contributed by atoms with E-state index in [0.717, 1.165) is 48.3 Å². The van der Waals surface area contributed by atoms with Crippen LogP contribution >= 0.6 is 15.9 Å². The maximum atomic E-state index is 15.0. The summed E-state index contributed by atoms with van der Waals surface area (Å²) in [6, 6.07) is 20.8. The largest absolute Gasteiger partial charge is 0.459 e. The van der Waals surface area contributed by atoms with Crippen molar-refractivity contribution in [1.82, 2.24) is 4.90 Å². The van der Waals surface area contributed by atoms with Crippen molar-refractivity contribution in [2.24, 2.45) is 0 Å². The molecule has 0 aromatic heterocycles. The van der Waals surface area contributed by atoms with Gasteiger partial charge in [0.15, 0.2) is 4.95 Å². The van der Waals surface area contributed by atoms with Crippen LogP contribution in [0.3, 0.4) is 0 Å². The summed E-state index contributed by atoms with van der Waals surface area (Å²) in [6.45, 7) is 10.0. The second-order valence-corrected chi connectivity index (χ2v) is 16.7. The number of urea groups is 1. The third kappa shape index (κ3) is 11.1. The van der Waals surface area contributed by atoms with E-state index in [0.29, 0.717) is 5.69 Å². The molecule has 0 bridgehead atoms. The van der Waals surface area contributed by atoms with Gasteiger partial charge in [-0.15, -0.1) is 0 Å². The number of esters is 3. The number of ether oxygens (including phenoxy) is 3. The van der Waals surface area contributed by atoms with E-state index in [4.69, 9.17) is 14.2 Å². The molecule has 294 valence electrons. The van der Waals surface area contributed by atoms with E-state index < -0.39 is 58.6 Å². The molecule has 12 nitrogen and oxygen atoms in total. The van der Waals surface area contributed by atoms with Crippen molar-refractivity contribution < 1.29 is 38.2 Å². The molecule has 2 unspecified atom stereocenters. The molecule has 5 rings (SSSR count). The van der Waals surface area contributed by atoms with Crippen LogP contribution in [0, 0.1) is 0 Å². The Morgan fingerprint density at radius 3 is 2.13 bits per heavy atom. The average molecular weight is 820 g/mol. The van der Waals surface area contributed by atoms with Crippen molar-refractivity contribution in [2.75, 3.05) is 28.2 Å². The highest BCUT2D eigenvalue weighted by atomic mass is 79.9. The zero-order chi connectivity index (χ0) is 39.9. The first-order chi connectivity index (χ1) is 26.0. The standard InChI is InChI=1S/C42H51BrN4O8/c1-41(2,3)54-35(48)26-46-33-23-14-13-22-32(33)45(31-20-11-8-12-21-31)25-34(37(46)49)47(36(43)39(51)55-42(4,5)6)40(52)44-30-19-15-18-29(24-30)38(50)53-27-28-16-9-7-10-17-28/h7,9-10,13-19,22-24,31,34,36H,8,11-12,20-21,25-27H2,1-6H3,(H,44,52). The number of hydrogen-bond donors (Lipinski definition) is 1. The highest BCUT2D eigenvalue weighted by Gasteiger charge is 2.46. The van der Waals surface area contributed by atoms with Crippen LogP contribution in [0.15, 0.2) is 78.9 Å². The molecular weight excluding hydrogens is 768 g/mol. The summed E-state index contributed by atoms with van der Waals surface area (Å²) >= 11 is 3.44. The first-order valence-electron chi connectivity index (χ1n) is 18.7. The Balaban J connectivity index is 1.53. The lowest BCUT2D eigenvalue weighted by Crippen LogP contribution is -2.60. The normalized spacial score (nSPS) is 17.0. The molecular formula is C42H51BrN4O8. The van der Waals surface area contributed by atoms with Gasteiger partial charge in [0, 0.05) is 18.3 Å². The summed E-state index contributed by atoms with van der Waals surface area (Å²) in [6.07, 6.45) is 4.82. The molecule has 3 amide bonds. The van der Waals surface area contributed by atoms with E-state index >= 15 is 4.79 Å². The minimum absolute atomic E-state index is 0.0233. The molecule has 0 radical (unpaired) electrons. The molecule has 2 aliphatic rings. The van der Waals surface area contributed by atoms with Crippen LogP contribution in [0.4, 0.5) is 21.9 Å². The average Bonchev–Trinajstić information content (AvgIpc) is 3.24. The monoisotopic (exact) mass is 818 g/mol. The Morgan fingerprint density at radius 1 is 0.836 bits per heavy atom. The van der Waals surface area contributed by atoms with Crippen molar-refractivity contribution in [3.8, 4) is 0 Å². The number of benzene rings is 3. The molecule has 1 fully saturated rings. The summed E-state index contributed by atoms with van der Waals surface area (Å²) in [5, 5.41) is 2.81. The number of rotatable bonds is 10. The van der Waals surface area contributed by atoms with E-state index in [2.05, 4.69) is 26.1 Å². The maximum Gasteiger partial charge on any atom is 0.340 e. The van der Waals surface area contributed by atoms with E-state index in [1.807, 2.05) is 42.5 Å². The quantitative estimate of drug-likeness (QED) is 0.0940. The summed E-state index contributed by atoms with van der Waals surface area (Å²) in [5.74, 6) is -2.60. The third-order valence-corrected chi connectivity index (χ3v) is 9.92. The minimum atomic E-state index is -1.43. The van der Waals surface area contributed by atoms with Crippen LogP contribution < -0.4 is 15.1 Å². The fraction of sp³-hybridized carbons (Fsp3) is 0.452. The van der Waals surface area contributed by atoms with Crippen LogP contribution in [-0.4, -0.2) is 76.1 Å². The topological polar surface area (TPSA) is 135 Å². The lowest BCUT2D eigenvalue weighted by Gasteiger charge is -2.40. The number of hydrogen-bond acceptors (Lipinski definition) is 9. The smallest absolute Gasteiger partial charge is 0.340 e. The lowest BCUT2D eigenvalue weighted by atomic mass is 9.93. The Morgan fingerprint density at radius 2 is 1.47 bits per heavy atom. The van der Waals surface area contributed by atoms with Crippen molar-refractivity contribution in [3.05, 3.63) is 90.0 Å². The molecule has 2 atom stereocenters. The number of carbonyl (C=O) groups excluding carboxylic acids is 5. The van der Waals surface area contributed by atoms with Gasteiger partial charge >= 0.3 is 23.9 Å². The Hall–Kier alpha value is -4.91. The van der Waals surface area contributed by atoms with E-state index in [1.165, 1.54) is 11.0 Å². The molecule has 13 heteroatoms. The van der Waals surface area contributed by atoms with Gasteiger partial charge in [-0.2, -0.15) is 0 Å². The highest BCUT2D eigenvalue weighted by Crippen LogP contribution is 2.39. The fourth-order valence-electron chi connectivity index (χ4n) is 6.79. The molecule has 1 aliphatic carbocycles. The molecule has 3 aromatic rings. The van der Waals surface area contributed by atoms with Gasteiger partial charge in [0.05, 0.1) is 16.9 Å². The van der Waals surface area contributed by atoms with Gasteiger partial charge in [-0.25, -0.2) is 14.4 Å². The molecule has 3 aromatic carbocycles. The van der Waals surface area contributed by atoms with Crippen LogP contribution in [0.5, 0.6) is 0 Å². The van der Waals surface area contributed by atoms with Gasteiger partial charge < -0.3 is 24.4 Å². The molecule has 55 heavy (non-hydrogen) atoms. The first-order valence-corrected chi connectivity index (χ1v) is 19.6. The number of alkyl halides is 1. The number of para-hydroxylation sites is 2. The number of amides is 3. The SMILES string of the molecule is CC(C)(C)OC(=O)CN1C(=O)C(N(C(=O)Nc2cccc(C(=O)OCc3ccccc3)c2)C(Br)C(=O)OC(C)(C)C)CN(C2CCCCC2)c2ccccc21. The minimum Gasteiger partial charge on any atom is -0.459 e. The van der Waals surface area contributed by atoms with E-state index in [1.54, 1.807) is 71.9 Å². The molecule has 0 spiro atoms. The van der Waals surface area contributed by atoms with Crippen molar-refractivity contribution >= 4 is 62.8 Å². The zero-order valence-corrected chi connectivity index (χ0v) is 34.0. The number of carbonyl (C=O) groups is 5. The van der Waals surface area contributed by atoms with E-state index in [-0.39, 0.29) is 30.4 Å². The van der Waals surface area contributed by atoms with Crippen LogP contribution in [-0.2, 0) is 35.2 Å². The molecule has 1 saturated carbocycles. The van der Waals surface area contributed by atoms with Crippen LogP contribution in [0.1, 0.15) is 89.6 Å². The van der Waals surface area contributed by atoms with Crippen molar-refractivity contribution in [2.45, 2.75) is 108 Å². The Bertz CT molecular complexity index is 1850. The Labute approximate surface area is 331 Å². The van der Waals surface area contributed by atoms with Crippen molar-refractivity contribution in [3.63, 3.8) is 0 Å². The third-order valence-electron chi connectivity index (χ3n) is 9.10. The Kier molecular flexibility index (Phi) is 13.3. The summed E-state index contributed by atoms with van der Waals surface area (Å²) in [5.41, 5.74) is 0.740. The van der Waals surface area contributed by atoms with Gasteiger partial charge in [0.2, 0.25) is 0 Å². The van der Waals surface area contributed by atoms with Gasteiger partial charge in [0.1, 0.15) is 30.4 Å². The van der Waals surface area contributed by atoms with Crippen molar-refractivity contribution in [1.29, 1.82) is 0 Å². The van der Waals surface area contributed by atoms with Gasteiger partial charge in [-0.05, 0) is 90.3 Å². The summed E-state index contributed by atoms with van der Waals surface area (Å²) < 4.78 is 16.9. The molecule has 1 heterocycles. The zero-order valence-electron chi connectivity index (χ0n) is 32.4. The molecule has 1 N–H and O–H groups in total. The van der Waals surface area contributed by atoms with Gasteiger partial charge in [-0.1, -0.05) is 83.7 Å². The van der Waals surface area contributed by atoms with E-state index in [9.17, 15) is 19.2 Å². The molecule has 1 aliphatic heterocycles. The molecule has 0 saturated heterocycles. The number of nitrogens with one attached hydrogen (secondary N) is 1. The van der Waals surface area contributed by atoms with Gasteiger partial charge in [-0.3, -0.25) is 19.4 Å². The predicted octanol–water partition coefficient (Wildman–Crippen LogP) is 7.84. The summed E-state index contributed by atoms with van der Waals surface area (Å²) in [4.78, 5) is 73.0. The second kappa shape index (κ2) is 17.7. The number of anilines is 3. The highest BCUT2D eigenvalue weighted by molar-refractivity contribution is 9.09. The van der Waals surface area contributed by atoms with Crippen LogP contribution in [0.25, 0.3) is 0 Å².